The fourth-order valence-electron chi connectivity index (χ4n) is 6.12. The van der Waals surface area contributed by atoms with Gasteiger partial charge in [-0.1, -0.05) is 24.3 Å². The van der Waals surface area contributed by atoms with Crippen LogP contribution in [0.1, 0.15) is 22.8 Å². The van der Waals surface area contributed by atoms with Crippen molar-refractivity contribution < 1.29 is 23.0 Å². The SMILES string of the molecule is COc1ccc(Nc2nc(-n3c(C)nc4ccccc43)ccc2N)cc1.Cc1nc2ccccc2n1-c1cncc(Nc2ccc(C(F)(F)F)c(CO)c2)n1. The number of rotatable bonds is 8. The van der Waals surface area contributed by atoms with Gasteiger partial charge in [0.1, 0.15) is 23.2 Å². The minimum absolute atomic E-state index is 0.219. The number of benzene rings is 4. The molecule has 0 spiro atoms. The van der Waals surface area contributed by atoms with Gasteiger partial charge in [0.25, 0.3) is 0 Å². The van der Waals surface area contributed by atoms with Gasteiger partial charge in [-0.2, -0.15) is 13.2 Å². The van der Waals surface area contributed by atoms with E-state index in [1.807, 2.05) is 108 Å². The molecule has 4 aromatic carbocycles. The maximum Gasteiger partial charge on any atom is 0.416 e. The number of methoxy groups -OCH3 is 1. The van der Waals surface area contributed by atoms with E-state index in [1.54, 1.807) is 13.3 Å². The molecule has 55 heavy (non-hydrogen) atoms. The summed E-state index contributed by atoms with van der Waals surface area (Å²) in [5.74, 6) is 4.64. The third-order valence-corrected chi connectivity index (χ3v) is 8.65. The molecule has 15 heteroatoms. The Morgan fingerprint density at radius 1 is 0.709 bits per heavy atom. The molecule has 0 radical (unpaired) electrons. The molecular weight excluding hydrogens is 710 g/mol. The summed E-state index contributed by atoms with van der Waals surface area (Å²) in [6.07, 6.45) is -1.48. The van der Waals surface area contributed by atoms with Crippen molar-refractivity contribution in [3.63, 3.8) is 0 Å². The molecule has 0 fully saturated rings. The Bertz CT molecular complexity index is 2620. The minimum Gasteiger partial charge on any atom is -0.497 e. The van der Waals surface area contributed by atoms with Gasteiger partial charge in [-0.15, -0.1) is 0 Å². The van der Waals surface area contributed by atoms with E-state index in [0.717, 1.165) is 57.0 Å². The van der Waals surface area contributed by atoms with Crippen LogP contribution in [0.25, 0.3) is 33.7 Å². The molecule has 4 heterocycles. The fourth-order valence-corrected chi connectivity index (χ4v) is 6.12. The lowest BCUT2D eigenvalue weighted by atomic mass is 10.1. The van der Waals surface area contributed by atoms with Gasteiger partial charge >= 0.3 is 6.18 Å². The lowest BCUT2D eigenvalue weighted by molar-refractivity contribution is -0.138. The molecule has 0 amide bonds. The number of anilines is 5. The van der Waals surface area contributed by atoms with Crippen LogP contribution in [0.4, 0.5) is 41.9 Å². The van der Waals surface area contributed by atoms with Gasteiger partial charge in [-0.05, 0) is 98.3 Å². The summed E-state index contributed by atoms with van der Waals surface area (Å²) in [4.78, 5) is 22.5. The molecule has 0 bridgehead atoms. The van der Waals surface area contributed by atoms with Crippen LogP contribution in [0.2, 0.25) is 0 Å². The molecule has 8 rings (SSSR count). The first-order valence-electron chi connectivity index (χ1n) is 17.0. The fraction of sp³-hybridized carbons (Fsp3) is 0.125. The predicted octanol–water partition coefficient (Wildman–Crippen LogP) is 8.44. The second-order valence-corrected chi connectivity index (χ2v) is 12.3. The molecule has 0 aliphatic heterocycles. The number of alkyl halides is 3. The van der Waals surface area contributed by atoms with Gasteiger partial charge in [0.15, 0.2) is 17.5 Å². The number of pyridine rings is 1. The molecule has 0 aliphatic rings. The standard InChI is InChI=1S/C20H16F3N5O.C20H19N5O/c1-12-25-16-4-2-3-5-17(16)28(12)19-10-24-9-18(27-19)26-14-6-7-15(20(21,22)23)13(8-14)11-29;1-13-22-17-5-3-4-6-18(17)25(13)19-12-11-16(21)20(24-19)23-14-7-9-15(26-2)10-8-14/h2-10,29H,11H2,1H3,(H,26,27);3-12H,21H2,1-2H3,(H,23,24). The zero-order valence-corrected chi connectivity index (χ0v) is 29.9. The van der Waals surface area contributed by atoms with Crippen molar-refractivity contribution in [1.82, 2.24) is 34.1 Å². The summed E-state index contributed by atoms with van der Waals surface area (Å²) < 4.78 is 48.1. The Kier molecular flexibility index (Phi) is 10.0. The summed E-state index contributed by atoms with van der Waals surface area (Å²) in [5, 5.41) is 15.5. The number of hydrogen-bond donors (Lipinski definition) is 4. The molecule has 0 aliphatic carbocycles. The predicted molar refractivity (Wildman–Crippen MR) is 206 cm³/mol. The highest BCUT2D eigenvalue weighted by molar-refractivity contribution is 5.79. The van der Waals surface area contributed by atoms with Gasteiger partial charge in [0.05, 0.1) is 59.4 Å². The molecule has 0 unspecified atom stereocenters. The van der Waals surface area contributed by atoms with Crippen LogP contribution in [0.15, 0.2) is 116 Å². The molecular formula is C40H35F3N10O2. The first-order valence-corrected chi connectivity index (χ1v) is 17.0. The number of aliphatic hydroxyl groups is 1. The molecule has 0 saturated carbocycles. The Morgan fingerprint density at radius 3 is 1.95 bits per heavy atom. The summed E-state index contributed by atoms with van der Waals surface area (Å²) in [7, 11) is 1.64. The van der Waals surface area contributed by atoms with Crippen molar-refractivity contribution in [3.8, 4) is 17.4 Å². The van der Waals surface area contributed by atoms with Crippen LogP contribution in [0.3, 0.4) is 0 Å². The Hall–Kier alpha value is -7.00. The van der Waals surface area contributed by atoms with Crippen LogP contribution >= 0.6 is 0 Å². The maximum atomic E-state index is 13.0. The molecule has 278 valence electrons. The van der Waals surface area contributed by atoms with E-state index >= 15 is 0 Å². The first kappa shape index (κ1) is 36.4. The van der Waals surface area contributed by atoms with Crippen LogP contribution in [-0.4, -0.2) is 46.3 Å². The van der Waals surface area contributed by atoms with Gasteiger partial charge in [0.2, 0.25) is 0 Å². The largest absolute Gasteiger partial charge is 0.497 e. The monoisotopic (exact) mass is 744 g/mol. The third-order valence-electron chi connectivity index (χ3n) is 8.65. The molecule has 8 aromatic rings. The zero-order chi connectivity index (χ0) is 38.7. The molecule has 0 saturated heterocycles. The second kappa shape index (κ2) is 15.2. The normalized spacial score (nSPS) is 11.3. The summed E-state index contributed by atoms with van der Waals surface area (Å²) in [6.45, 7) is 3.09. The number of nitrogen functional groups attached to an aromatic ring is 1. The Labute approximate surface area is 313 Å². The number of ether oxygens (including phenoxy) is 1. The van der Waals surface area contributed by atoms with Crippen molar-refractivity contribution in [2.24, 2.45) is 0 Å². The topological polar surface area (TPSA) is 154 Å². The van der Waals surface area contributed by atoms with Crippen LogP contribution < -0.4 is 21.1 Å². The van der Waals surface area contributed by atoms with Crippen LogP contribution in [-0.2, 0) is 12.8 Å². The molecule has 5 N–H and O–H groups in total. The number of nitrogens with two attached hydrogens (primary N) is 1. The average molecular weight is 745 g/mol. The summed E-state index contributed by atoms with van der Waals surface area (Å²) >= 11 is 0. The lowest BCUT2D eigenvalue weighted by Gasteiger charge is -2.14. The number of hydrogen-bond acceptors (Lipinski definition) is 10. The van der Waals surface area contributed by atoms with Crippen LogP contribution in [0.5, 0.6) is 5.75 Å². The number of aromatic nitrogens is 7. The Morgan fingerprint density at radius 2 is 1.33 bits per heavy atom. The lowest BCUT2D eigenvalue weighted by Crippen LogP contribution is -2.10. The third kappa shape index (κ3) is 7.72. The number of nitrogens with one attached hydrogen (secondary N) is 2. The van der Waals surface area contributed by atoms with Crippen molar-refractivity contribution in [3.05, 3.63) is 138 Å². The molecule has 12 nitrogen and oxygen atoms in total. The van der Waals surface area contributed by atoms with Crippen molar-refractivity contribution >= 4 is 50.8 Å². The highest BCUT2D eigenvalue weighted by Crippen LogP contribution is 2.34. The second-order valence-electron chi connectivity index (χ2n) is 12.3. The highest BCUT2D eigenvalue weighted by Gasteiger charge is 2.33. The Balaban J connectivity index is 0.000000170. The number of aryl methyl sites for hydroxylation is 2. The van der Waals surface area contributed by atoms with Gasteiger partial charge in [-0.25, -0.2) is 19.9 Å². The smallest absolute Gasteiger partial charge is 0.416 e. The number of imidazole rings is 2. The number of fused-ring (bicyclic) bond motifs is 2. The maximum absolute atomic E-state index is 13.0. The van der Waals surface area contributed by atoms with Crippen molar-refractivity contribution in [1.29, 1.82) is 0 Å². The quantitative estimate of drug-likeness (QED) is 0.119. The average Bonchev–Trinajstić information content (AvgIpc) is 3.70. The van der Waals surface area contributed by atoms with E-state index in [0.29, 0.717) is 28.8 Å². The van der Waals surface area contributed by atoms with E-state index in [4.69, 9.17) is 15.5 Å². The van der Waals surface area contributed by atoms with Crippen molar-refractivity contribution in [2.45, 2.75) is 26.6 Å². The number of aliphatic hydroxyl groups excluding tert-OH is 1. The van der Waals surface area contributed by atoms with E-state index < -0.39 is 18.3 Å². The molecule has 0 atom stereocenters. The summed E-state index contributed by atoms with van der Waals surface area (Å²) in [5.41, 5.74) is 10.5. The first-order chi connectivity index (χ1) is 26.5. The van der Waals surface area contributed by atoms with Gasteiger partial charge in [-0.3, -0.25) is 14.1 Å². The van der Waals surface area contributed by atoms with Crippen molar-refractivity contribution in [2.75, 3.05) is 23.5 Å². The van der Waals surface area contributed by atoms with E-state index in [2.05, 4.69) is 30.6 Å². The zero-order valence-electron chi connectivity index (χ0n) is 29.9. The number of para-hydroxylation sites is 4. The van der Waals surface area contributed by atoms with E-state index in [9.17, 15) is 18.3 Å². The summed E-state index contributed by atoms with van der Waals surface area (Å²) in [6, 6.07) is 30.4. The number of nitrogens with zero attached hydrogens (tertiary/aromatic N) is 7. The van der Waals surface area contributed by atoms with E-state index in [1.165, 1.54) is 18.3 Å². The minimum atomic E-state index is -4.53. The van der Waals surface area contributed by atoms with E-state index in [-0.39, 0.29) is 5.56 Å². The van der Waals surface area contributed by atoms with Gasteiger partial charge in [0, 0.05) is 11.4 Å². The molecule has 4 aromatic heterocycles. The van der Waals surface area contributed by atoms with Gasteiger partial charge < -0.3 is 26.2 Å². The number of halogens is 3. The highest BCUT2D eigenvalue weighted by atomic mass is 19.4. The van der Waals surface area contributed by atoms with Crippen LogP contribution in [0, 0.1) is 13.8 Å².